The highest BCUT2D eigenvalue weighted by molar-refractivity contribution is 7.89. The number of halogens is 1. The van der Waals surface area contributed by atoms with Crippen molar-refractivity contribution in [3.05, 3.63) is 23.2 Å². The van der Waals surface area contributed by atoms with Gasteiger partial charge >= 0.3 is 0 Å². The summed E-state index contributed by atoms with van der Waals surface area (Å²) in [6.45, 7) is 5.03. The molecule has 0 saturated heterocycles. The topological polar surface area (TPSA) is 75.4 Å². The molecule has 1 aromatic carbocycles. The quantitative estimate of drug-likeness (QED) is 0.782. The van der Waals surface area contributed by atoms with Crippen LogP contribution in [0.3, 0.4) is 0 Å². The molecule has 0 atom stereocenters. The van der Waals surface area contributed by atoms with E-state index in [1.54, 1.807) is 6.07 Å². The van der Waals surface area contributed by atoms with Gasteiger partial charge < -0.3 is 10.6 Å². The molecule has 19 heavy (non-hydrogen) atoms. The van der Waals surface area contributed by atoms with Crippen molar-refractivity contribution in [1.82, 2.24) is 9.62 Å². The molecule has 0 aromatic heterocycles. The minimum absolute atomic E-state index is 0.0152. The third kappa shape index (κ3) is 4.65. The molecular formula is C12H20ClN3O2S. The lowest BCUT2D eigenvalue weighted by Gasteiger charge is -2.21. The Morgan fingerprint density at radius 1 is 1.42 bits per heavy atom. The van der Waals surface area contributed by atoms with E-state index < -0.39 is 10.0 Å². The molecule has 108 valence electrons. The fourth-order valence-electron chi connectivity index (χ4n) is 1.42. The maximum absolute atomic E-state index is 12.1. The molecule has 0 bridgehead atoms. The predicted octanol–water partition coefficient (Wildman–Crippen LogP) is 1.54. The average Bonchev–Trinajstić information content (AvgIpc) is 2.31. The Morgan fingerprint density at radius 2 is 2.05 bits per heavy atom. The van der Waals surface area contributed by atoms with Gasteiger partial charge in [0.1, 0.15) is 4.90 Å². The third-order valence-corrected chi connectivity index (χ3v) is 4.83. The Bertz CT molecular complexity index is 532. The van der Waals surface area contributed by atoms with Crippen LogP contribution in [0.1, 0.15) is 13.8 Å². The van der Waals surface area contributed by atoms with Crippen molar-refractivity contribution in [2.75, 3.05) is 25.9 Å². The summed E-state index contributed by atoms with van der Waals surface area (Å²) in [5.41, 5.74) is 5.95. The van der Waals surface area contributed by atoms with Gasteiger partial charge in [-0.25, -0.2) is 13.1 Å². The zero-order valence-corrected chi connectivity index (χ0v) is 12.9. The van der Waals surface area contributed by atoms with E-state index in [9.17, 15) is 8.42 Å². The molecule has 0 saturated carbocycles. The second-order valence-electron chi connectivity index (χ2n) is 4.66. The van der Waals surface area contributed by atoms with Gasteiger partial charge in [0, 0.05) is 24.8 Å². The van der Waals surface area contributed by atoms with Crippen LogP contribution in [0.2, 0.25) is 5.02 Å². The summed E-state index contributed by atoms with van der Waals surface area (Å²) in [4.78, 5) is 2.06. The highest BCUT2D eigenvalue weighted by atomic mass is 35.5. The highest BCUT2D eigenvalue weighted by Gasteiger charge is 2.18. The van der Waals surface area contributed by atoms with E-state index in [2.05, 4.69) is 4.72 Å². The van der Waals surface area contributed by atoms with Crippen LogP contribution < -0.4 is 10.5 Å². The maximum Gasteiger partial charge on any atom is 0.242 e. The Balaban J connectivity index is 2.74. The summed E-state index contributed by atoms with van der Waals surface area (Å²) in [5, 5.41) is 0.166. The van der Waals surface area contributed by atoms with Gasteiger partial charge in [-0.2, -0.15) is 0 Å². The molecule has 0 aliphatic heterocycles. The van der Waals surface area contributed by atoms with Gasteiger partial charge in [0.15, 0.2) is 0 Å². The lowest BCUT2D eigenvalue weighted by molar-refractivity contribution is 0.278. The number of nitrogens with one attached hydrogen (secondary N) is 1. The summed E-state index contributed by atoms with van der Waals surface area (Å²) in [6, 6.07) is 4.76. The van der Waals surface area contributed by atoms with Gasteiger partial charge in [-0.05, 0) is 39.1 Å². The van der Waals surface area contributed by atoms with E-state index >= 15 is 0 Å². The number of hydrogen-bond acceptors (Lipinski definition) is 4. The van der Waals surface area contributed by atoms with Crippen LogP contribution in [0.5, 0.6) is 0 Å². The Kier molecular flexibility index (Phi) is 5.61. The molecule has 1 aromatic rings. The molecule has 3 N–H and O–H groups in total. The lowest BCUT2D eigenvalue weighted by atomic mass is 10.3. The van der Waals surface area contributed by atoms with Crippen molar-refractivity contribution in [2.24, 2.45) is 0 Å². The van der Waals surface area contributed by atoms with E-state index in [0.717, 1.165) is 0 Å². The number of sulfonamides is 1. The van der Waals surface area contributed by atoms with Crippen LogP contribution in [-0.2, 0) is 10.0 Å². The Morgan fingerprint density at radius 3 is 2.63 bits per heavy atom. The van der Waals surface area contributed by atoms with E-state index in [1.807, 2.05) is 25.8 Å². The third-order valence-electron chi connectivity index (χ3n) is 2.88. The minimum atomic E-state index is -3.62. The number of hydrogen-bond donors (Lipinski definition) is 2. The van der Waals surface area contributed by atoms with E-state index in [1.165, 1.54) is 12.1 Å². The summed E-state index contributed by atoms with van der Waals surface area (Å²) >= 11 is 5.89. The molecule has 0 aliphatic carbocycles. The number of benzene rings is 1. The van der Waals surface area contributed by atoms with Crippen LogP contribution in [-0.4, -0.2) is 39.5 Å². The highest BCUT2D eigenvalue weighted by Crippen LogP contribution is 2.23. The predicted molar refractivity (Wildman–Crippen MR) is 78.8 cm³/mol. The minimum Gasteiger partial charge on any atom is -0.399 e. The molecule has 0 amide bonds. The molecule has 0 radical (unpaired) electrons. The second-order valence-corrected chi connectivity index (χ2v) is 6.80. The van der Waals surface area contributed by atoms with Crippen LogP contribution >= 0.6 is 11.6 Å². The Hall–Kier alpha value is -0.820. The molecule has 7 heteroatoms. The number of likely N-dealkylation sites (N-methyl/N-ethyl adjacent to an activating group) is 1. The fourth-order valence-corrected chi connectivity index (χ4v) is 2.97. The molecule has 1 rings (SSSR count). The smallest absolute Gasteiger partial charge is 0.242 e. The van der Waals surface area contributed by atoms with Gasteiger partial charge in [-0.3, -0.25) is 0 Å². The van der Waals surface area contributed by atoms with Crippen LogP contribution in [0, 0.1) is 0 Å². The van der Waals surface area contributed by atoms with E-state index in [0.29, 0.717) is 24.8 Å². The van der Waals surface area contributed by atoms with E-state index in [-0.39, 0.29) is 9.92 Å². The summed E-state index contributed by atoms with van der Waals surface area (Å²) in [5.74, 6) is 0. The summed E-state index contributed by atoms with van der Waals surface area (Å²) < 4.78 is 26.7. The standard InChI is InChI=1S/C12H20ClN3O2S/c1-9(2)16(3)7-6-15-19(17,18)12-8-10(14)4-5-11(12)13/h4-5,8-9,15H,6-7,14H2,1-3H3. The largest absolute Gasteiger partial charge is 0.399 e. The molecule has 0 fully saturated rings. The van der Waals surface area contributed by atoms with Crippen molar-refractivity contribution < 1.29 is 8.42 Å². The van der Waals surface area contributed by atoms with Crippen molar-refractivity contribution >= 4 is 27.3 Å². The number of anilines is 1. The van der Waals surface area contributed by atoms with Gasteiger partial charge in [0.05, 0.1) is 5.02 Å². The first-order chi connectivity index (χ1) is 8.74. The Labute approximate surface area is 119 Å². The fraction of sp³-hybridized carbons (Fsp3) is 0.500. The first-order valence-corrected chi connectivity index (χ1v) is 7.85. The van der Waals surface area contributed by atoms with E-state index in [4.69, 9.17) is 17.3 Å². The number of nitrogens with zero attached hydrogens (tertiary/aromatic N) is 1. The lowest BCUT2D eigenvalue weighted by Crippen LogP contribution is -2.36. The SMILES string of the molecule is CC(C)N(C)CCNS(=O)(=O)c1cc(N)ccc1Cl. The summed E-state index contributed by atoms with van der Waals surface area (Å²) in [6.07, 6.45) is 0. The van der Waals surface area contributed by atoms with Crippen LogP contribution in [0.25, 0.3) is 0 Å². The van der Waals surface area contributed by atoms with Crippen LogP contribution in [0.4, 0.5) is 5.69 Å². The number of rotatable bonds is 6. The van der Waals surface area contributed by atoms with Gasteiger partial charge in [0.2, 0.25) is 10.0 Å². The molecule has 0 unspecified atom stereocenters. The first kappa shape index (κ1) is 16.2. The van der Waals surface area contributed by atoms with Crippen molar-refractivity contribution in [2.45, 2.75) is 24.8 Å². The number of nitrogen functional groups attached to an aromatic ring is 1. The molecule has 0 heterocycles. The van der Waals surface area contributed by atoms with Crippen molar-refractivity contribution in [3.63, 3.8) is 0 Å². The monoisotopic (exact) mass is 305 g/mol. The van der Waals surface area contributed by atoms with Crippen LogP contribution in [0.15, 0.2) is 23.1 Å². The van der Waals surface area contributed by atoms with Gasteiger partial charge in [-0.15, -0.1) is 0 Å². The zero-order valence-electron chi connectivity index (χ0n) is 11.4. The molecular weight excluding hydrogens is 286 g/mol. The zero-order chi connectivity index (χ0) is 14.6. The first-order valence-electron chi connectivity index (χ1n) is 5.99. The van der Waals surface area contributed by atoms with Gasteiger partial charge in [0.25, 0.3) is 0 Å². The molecule has 5 nitrogen and oxygen atoms in total. The molecule has 0 aliphatic rings. The normalized spacial score (nSPS) is 12.3. The molecule has 0 spiro atoms. The summed E-state index contributed by atoms with van der Waals surface area (Å²) in [7, 11) is -1.69. The van der Waals surface area contributed by atoms with Crippen molar-refractivity contribution in [3.8, 4) is 0 Å². The van der Waals surface area contributed by atoms with Crippen molar-refractivity contribution in [1.29, 1.82) is 0 Å². The second kappa shape index (κ2) is 6.56. The van der Waals surface area contributed by atoms with Gasteiger partial charge in [-0.1, -0.05) is 11.6 Å². The number of nitrogens with two attached hydrogens (primary N) is 1. The average molecular weight is 306 g/mol. The maximum atomic E-state index is 12.1.